The van der Waals surface area contributed by atoms with E-state index in [2.05, 4.69) is 17.0 Å². The molecule has 182 valence electrons. The van der Waals surface area contributed by atoms with Crippen LogP contribution in [0.2, 0.25) is 0 Å². The second kappa shape index (κ2) is 10.5. The molecule has 0 unspecified atom stereocenters. The maximum Gasteiger partial charge on any atom is 0.119 e. The van der Waals surface area contributed by atoms with Crippen molar-refractivity contribution >= 4 is 11.1 Å². The molecule has 1 saturated heterocycles. The van der Waals surface area contributed by atoms with Gasteiger partial charge in [0.05, 0.1) is 6.67 Å². The first-order valence-corrected chi connectivity index (χ1v) is 12.5. The summed E-state index contributed by atoms with van der Waals surface area (Å²) in [5.41, 5.74) is 6.76. The molecule has 2 aliphatic rings. The molecule has 1 atom stereocenters. The Morgan fingerprint density at radius 3 is 2.40 bits per heavy atom. The van der Waals surface area contributed by atoms with Crippen molar-refractivity contribution in [3.8, 4) is 17.2 Å². The highest BCUT2D eigenvalue weighted by atomic mass is 19.1. The highest BCUT2D eigenvalue weighted by Crippen LogP contribution is 2.41. The summed E-state index contributed by atoms with van der Waals surface area (Å²) in [6.07, 6.45) is 4.53. The van der Waals surface area contributed by atoms with Crippen LogP contribution >= 0.6 is 0 Å². The van der Waals surface area contributed by atoms with Crippen molar-refractivity contribution in [2.24, 2.45) is 0 Å². The van der Waals surface area contributed by atoms with E-state index in [0.29, 0.717) is 6.42 Å². The molecule has 0 bridgehead atoms. The Morgan fingerprint density at radius 2 is 1.63 bits per heavy atom. The van der Waals surface area contributed by atoms with Gasteiger partial charge in [0.1, 0.15) is 23.4 Å². The Hall–Kier alpha value is -3.31. The van der Waals surface area contributed by atoms with Crippen molar-refractivity contribution < 1.29 is 19.3 Å². The number of aromatic hydroxyl groups is 2. The summed E-state index contributed by atoms with van der Waals surface area (Å²) in [4.78, 5) is 2.27. The van der Waals surface area contributed by atoms with Crippen LogP contribution in [0.4, 0.5) is 4.39 Å². The molecule has 5 rings (SSSR count). The van der Waals surface area contributed by atoms with E-state index in [0.717, 1.165) is 73.3 Å². The van der Waals surface area contributed by atoms with Crippen molar-refractivity contribution in [3.63, 3.8) is 0 Å². The molecule has 5 heteroatoms. The largest absolute Gasteiger partial charge is 0.508 e. The molecular weight excluding hydrogens is 441 g/mol. The molecule has 2 N–H and O–H groups in total. The number of alkyl halides is 1. The molecule has 35 heavy (non-hydrogen) atoms. The number of likely N-dealkylation sites (tertiary alicyclic amines) is 1. The van der Waals surface area contributed by atoms with Crippen LogP contribution in [0.15, 0.2) is 66.7 Å². The Balaban J connectivity index is 1.47. The second-order valence-corrected chi connectivity index (χ2v) is 9.49. The van der Waals surface area contributed by atoms with Crippen molar-refractivity contribution in [1.29, 1.82) is 0 Å². The number of hydrogen-bond donors (Lipinski definition) is 2. The molecule has 3 aromatic rings. The van der Waals surface area contributed by atoms with Crippen LogP contribution in [0.25, 0.3) is 11.1 Å². The lowest BCUT2D eigenvalue weighted by Gasteiger charge is -2.19. The number of phenols is 2. The Labute approximate surface area is 206 Å². The number of nitrogens with zero attached hydrogens (tertiary/aromatic N) is 1. The summed E-state index contributed by atoms with van der Waals surface area (Å²) < 4.78 is 18.7. The van der Waals surface area contributed by atoms with Crippen molar-refractivity contribution in [3.05, 3.63) is 89.0 Å². The van der Waals surface area contributed by atoms with E-state index in [-0.39, 0.29) is 24.3 Å². The van der Waals surface area contributed by atoms with Crippen LogP contribution < -0.4 is 4.74 Å². The lowest BCUT2D eigenvalue weighted by molar-refractivity contribution is 0.198. The first-order chi connectivity index (χ1) is 17.1. The lowest BCUT2D eigenvalue weighted by atomic mass is 9.87. The zero-order valence-corrected chi connectivity index (χ0v) is 19.9. The molecule has 0 spiro atoms. The third-order valence-corrected chi connectivity index (χ3v) is 7.04. The van der Waals surface area contributed by atoms with Gasteiger partial charge in [0, 0.05) is 19.6 Å². The first-order valence-electron chi connectivity index (χ1n) is 12.5. The average Bonchev–Trinajstić information content (AvgIpc) is 3.23. The van der Waals surface area contributed by atoms with Crippen LogP contribution in [0.5, 0.6) is 17.2 Å². The average molecular weight is 474 g/mol. The summed E-state index contributed by atoms with van der Waals surface area (Å²) in [6.45, 7) is 2.30. The van der Waals surface area contributed by atoms with E-state index < -0.39 is 0 Å². The molecule has 1 aliphatic heterocycles. The molecule has 3 aromatic carbocycles. The number of benzene rings is 3. The van der Waals surface area contributed by atoms with Crippen LogP contribution in [0, 0.1) is 0 Å². The fourth-order valence-corrected chi connectivity index (χ4v) is 5.31. The molecule has 0 saturated carbocycles. The van der Waals surface area contributed by atoms with Gasteiger partial charge in [0.25, 0.3) is 0 Å². The van der Waals surface area contributed by atoms with E-state index in [4.69, 9.17) is 4.74 Å². The maximum absolute atomic E-state index is 12.5. The Kier molecular flexibility index (Phi) is 7.05. The number of aryl methyl sites for hydroxylation is 1. The minimum absolute atomic E-state index is 0.128. The number of ether oxygens (including phenoxy) is 1. The zero-order valence-electron chi connectivity index (χ0n) is 19.9. The maximum atomic E-state index is 12.5. The number of fused-ring (bicyclic) bond motifs is 1. The number of allylic oxidation sites excluding steroid dienone is 1. The summed E-state index contributed by atoms with van der Waals surface area (Å²) in [5.74, 6) is 1.34. The van der Waals surface area contributed by atoms with E-state index in [1.165, 1.54) is 11.1 Å². The third-order valence-electron chi connectivity index (χ3n) is 7.04. The fraction of sp³-hybridized carbons (Fsp3) is 0.333. The summed E-state index contributed by atoms with van der Waals surface area (Å²) >= 11 is 0. The first kappa shape index (κ1) is 23.4. The standard InChI is InChI=1S/C30H32FNO3/c31-16-2-17-32-18-15-27(20-32)35-26-13-8-23(9-14-26)30-28(22-5-10-24(33)11-6-22)4-1-3-21-7-12-25(34)19-29(21)30/h5-14,19,27,33-34H,1-4,15-18,20H2/t27-/m0/s1. The minimum Gasteiger partial charge on any atom is -0.508 e. The van der Waals surface area contributed by atoms with E-state index in [1.54, 1.807) is 18.2 Å². The smallest absolute Gasteiger partial charge is 0.119 e. The van der Waals surface area contributed by atoms with Gasteiger partial charge in [-0.05, 0) is 102 Å². The molecule has 1 heterocycles. The molecular formula is C30H32FNO3. The van der Waals surface area contributed by atoms with Gasteiger partial charge in [-0.1, -0.05) is 30.3 Å². The van der Waals surface area contributed by atoms with E-state index in [9.17, 15) is 14.6 Å². The Morgan fingerprint density at radius 1 is 0.886 bits per heavy atom. The van der Waals surface area contributed by atoms with Gasteiger partial charge in [0.2, 0.25) is 0 Å². The topological polar surface area (TPSA) is 52.9 Å². The van der Waals surface area contributed by atoms with Crippen molar-refractivity contribution in [2.75, 3.05) is 26.3 Å². The van der Waals surface area contributed by atoms with Gasteiger partial charge < -0.3 is 14.9 Å². The number of phenolic OH excluding ortho intramolecular Hbond substituents is 2. The van der Waals surface area contributed by atoms with Gasteiger partial charge >= 0.3 is 0 Å². The summed E-state index contributed by atoms with van der Waals surface area (Å²) in [6, 6.07) is 21.3. The SMILES string of the molecule is Oc1ccc(C2=C(c3ccc(O[C@H]4CCN(CCCF)C4)cc3)c3cc(O)ccc3CCC2)cc1. The quantitative estimate of drug-likeness (QED) is 0.429. The molecule has 1 fully saturated rings. The highest BCUT2D eigenvalue weighted by Gasteiger charge is 2.24. The number of rotatable bonds is 7. The molecule has 1 aliphatic carbocycles. The normalized spacial score (nSPS) is 18.4. The summed E-state index contributed by atoms with van der Waals surface area (Å²) in [5, 5.41) is 20.1. The van der Waals surface area contributed by atoms with Gasteiger partial charge in [-0.25, -0.2) is 0 Å². The predicted octanol–water partition coefficient (Wildman–Crippen LogP) is 6.21. The van der Waals surface area contributed by atoms with Gasteiger partial charge in [0.15, 0.2) is 0 Å². The Bertz CT molecular complexity index is 1190. The van der Waals surface area contributed by atoms with Crippen molar-refractivity contribution in [2.45, 2.75) is 38.2 Å². The van der Waals surface area contributed by atoms with E-state index >= 15 is 0 Å². The number of hydrogen-bond acceptors (Lipinski definition) is 4. The second-order valence-electron chi connectivity index (χ2n) is 9.49. The molecule has 0 amide bonds. The fourth-order valence-electron chi connectivity index (χ4n) is 5.31. The van der Waals surface area contributed by atoms with Crippen molar-refractivity contribution in [1.82, 2.24) is 4.90 Å². The van der Waals surface area contributed by atoms with Gasteiger partial charge in [-0.15, -0.1) is 0 Å². The van der Waals surface area contributed by atoms with E-state index in [1.807, 2.05) is 36.4 Å². The van der Waals surface area contributed by atoms with Crippen LogP contribution in [0.3, 0.4) is 0 Å². The highest BCUT2D eigenvalue weighted by molar-refractivity contribution is 6.00. The summed E-state index contributed by atoms with van der Waals surface area (Å²) in [7, 11) is 0. The molecule has 0 aromatic heterocycles. The molecule has 0 radical (unpaired) electrons. The third kappa shape index (κ3) is 5.35. The van der Waals surface area contributed by atoms with Gasteiger partial charge in [-0.3, -0.25) is 9.29 Å². The van der Waals surface area contributed by atoms with Crippen LogP contribution in [0.1, 0.15) is 47.9 Å². The predicted molar refractivity (Wildman–Crippen MR) is 138 cm³/mol. The molecule has 4 nitrogen and oxygen atoms in total. The van der Waals surface area contributed by atoms with Gasteiger partial charge in [-0.2, -0.15) is 0 Å². The van der Waals surface area contributed by atoms with Crippen LogP contribution in [-0.4, -0.2) is 47.5 Å². The lowest BCUT2D eigenvalue weighted by Crippen LogP contribution is -2.26. The van der Waals surface area contributed by atoms with Crippen LogP contribution in [-0.2, 0) is 6.42 Å². The number of halogens is 1. The minimum atomic E-state index is -0.271. The zero-order chi connectivity index (χ0) is 24.2. The monoisotopic (exact) mass is 473 g/mol.